The molecule has 1 N–H and O–H groups in total. The van der Waals surface area contributed by atoms with Crippen LogP contribution < -0.4 is 0 Å². The third-order valence-electron chi connectivity index (χ3n) is 2.62. The maximum Gasteiger partial charge on any atom is 0.416 e. The fraction of sp³-hybridized carbons (Fsp3) is 0.250. The van der Waals surface area contributed by atoms with E-state index in [1.54, 1.807) is 6.07 Å². The van der Waals surface area contributed by atoms with Gasteiger partial charge < -0.3 is 5.11 Å². The lowest BCUT2D eigenvalue weighted by molar-refractivity contribution is -0.137. The first-order valence-corrected chi connectivity index (χ1v) is 5.55. The van der Waals surface area contributed by atoms with Crippen molar-refractivity contribution >= 4 is 0 Å². The number of hydrogen-bond acceptors (Lipinski definition) is 4. The van der Waals surface area contributed by atoms with Crippen LogP contribution in [0.1, 0.15) is 23.1 Å². The molecule has 0 unspecified atom stereocenters. The summed E-state index contributed by atoms with van der Waals surface area (Å²) in [6.45, 7) is 0.0000442. The zero-order chi connectivity index (χ0) is 14.8. The fourth-order valence-corrected chi connectivity index (χ4v) is 1.61. The van der Waals surface area contributed by atoms with Crippen molar-refractivity contribution in [2.75, 3.05) is 0 Å². The van der Waals surface area contributed by atoms with Gasteiger partial charge in [-0.15, -0.1) is 5.10 Å². The van der Waals surface area contributed by atoms with Crippen LogP contribution in [0.3, 0.4) is 0 Å². The lowest BCUT2D eigenvalue weighted by Crippen LogP contribution is -2.10. The summed E-state index contributed by atoms with van der Waals surface area (Å²) in [5.74, 6) is -0.0374. The van der Waals surface area contributed by atoms with Crippen molar-refractivity contribution in [3.63, 3.8) is 0 Å². The largest absolute Gasteiger partial charge is 0.416 e. The lowest BCUT2D eigenvalue weighted by atomic mass is 10.1. The molecule has 0 bridgehead atoms. The van der Waals surface area contributed by atoms with Crippen LogP contribution in [0.2, 0.25) is 0 Å². The van der Waals surface area contributed by atoms with Crippen LogP contribution in [-0.4, -0.2) is 19.9 Å². The summed E-state index contributed by atoms with van der Waals surface area (Å²) < 4.78 is 38.4. The number of aromatic nitrogens is 3. The van der Waals surface area contributed by atoms with Gasteiger partial charge in [-0.1, -0.05) is 12.1 Å². The van der Waals surface area contributed by atoms with Gasteiger partial charge in [-0.25, -0.2) is 9.67 Å². The van der Waals surface area contributed by atoms with Crippen LogP contribution in [0, 0.1) is 11.3 Å². The molecule has 1 aromatic heterocycles. The quantitative estimate of drug-likeness (QED) is 0.933. The average Bonchev–Trinajstić information content (AvgIpc) is 2.85. The lowest BCUT2D eigenvalue weighted by Gasteiger charge is -2.12. The Labute approximate surface area is 111 Å². The predicted octanol–water partition coefficient (Wildman–Crippen LogP) is 1.90. The molecule has 0 spiro atoms. The molecule has 104 valence electrons. The van der Waals surface area contributed by atoms with Crippen LogP contribution in [0.5, 0.6) is 0 Å². The molecule has 0 aliphatic heterocycles. The first-order valence-electron chi connectivity index (χ1n) is 5.55. The van der Waals surface area contributed by atoms with Gasteiger partial charge in [-0.3, -0.25) is 0 Å². The van der Waals surface area contributed by atoms with Crippen LogP contribution in [0.25, 0.3) is 0 Å². The number of halogens is 3. The maximum atomic E-state index is 12.4. The minimum absolute atomic E-state index is 0.0000442. The molecule has 0 fully saturated rings. The van der Waals surface area contributed by atoms with E-state index in [1.165, 1.54) is 23.1 Å². The van der Waals surface area contributed by atoms with E-state index in [9.17, 15) is 18.3 Å². The molecule has 0 saturated carbocycles. The molecule has 0 aliphatic carbocycles. The summed E-state index contributed by atoms with van der Waals surface area (Å²) in [5.41, 5.74) is -0.451. The van der Waals surface area contributed by atoms with Gasteiger partial charge in [0.1, 0.15) is 12.4 Å². The minimum Gasteiger partial charge on any atom is -0.386 e. The Morgan fingerprint density at radius 1 is 1.30 bits per heavy atom. The number of benzene rings is 1. The van der Waals surface area contributed by atoms with Crippen molar-refractivity contribution in [3.8, 4) is 6.07 Å². The number of aliphatic hydroxyl groups excluding tert-OH is 1. The summed E-state index contributed by atoms with van der Waals surface area (Å²) in [6.07, 6.45) is -4.17. The van der Waals surface area contributed by atoms with E-state index in [4.69, 9.17) is 5.26 Å². The van der Waals surface area contributed by atoms with E-state index >= 15 is 0 Å². The molecular weight excluding hydrogens is 273 g/mol. The second-order valence-corrected chi connectivity index (χ2v) is 4.04. The third kappa shape index (κ3) is 3.13. The topological polar surface area (TPSA) is 74.7 Å². The molecule has 5 nitrogen and oxygen atoms in total. The molecule has 1 atom stereocenters. The van der Waals surface area contributed by atoms with E-state index in [0.29, 0.717) is 5.56 Å². The van der Waals surface area contributed by atoms with E-state index in [1.807, 2.05) is 0 Å². The van der Waals surface area contributed by atoms with E-state index in [-0.39, 0.29) is 12.4 Å². The molecule has 2 aromatic rings. The van der Waals surface area contributed by atoms with Gasteiger partial charge in [0.15, 0.2) is 0 Å². The monoisotopic (exact) mass is 282 g/mol. The van der Waals surface area contributed by atoms with Crippen molar-refractivity contribution in [2.24, 2.45) is 0 Å². The Hall–Kier alpha value is -2.40. The summed E-state index contributed by atoms with van der Waals surface area (Å²) in [6, 6.07) is 5.95. The molecule has 1 heterocycles. The highest BCUT2D eigenvalue weighted by Crippen LogP contribution is 2.30. The minimum atomic E-state index is -4.41. The van der Waals surface area contributed by atoms with E-state index in [2.05, 4.69) is 10.1 Å². The smallest absolute Gasteiger partial charge is 0.386 e. The number of nitrogens with zero attached hydrogens (tertiary/aromatic N) is 4. The highest BCUT2D eigenvalue weighted by Gasteiger charge is 2.30. The summed E-state index contributed by atoms with van der Waals surface area (Å²) in [7, 11) is 0. The zero-order valence-electron chi connectivity index (χ0n) is 10.0. The molecule has 0 amide bonds. The highest BCUT2D eigenvalue weighted by atomic mass is 19.4. The Morgan fingerprint density at radius 3 is 2.45 bits per heavy atom. The van der Waals surface area contributed by atoms with Gasteiger partial charge in [0.2, 0.25) is 0 Å². The summed E-state index contributed by atoms with van der Waals surface area (Å²) in [4.78, 5) is 3.66. The number of nitriles is 1. The highest BCUT2D eigenvalue weighted by molar-refractivity contribution is 5.26. The number of rotatable bonds is 3. The molecule has 0 saturated heterocycles. The van der Waals surface area contributed by atoms with Gasteiger partial charge in [0, 0.05) is 0 Å². The van der Waals surface area contributed by atoms with Crippen molar-refractivity contribution < 1.29 is 18.3 Å². The first-order chi connectivity index (χ1) is 9.40. The second-order valence-electron chi connectivity index (χ2n) is 4.04. The van der Waals surface area contributed by atoms with Gasteiger partial charge >= 0.3 is 6.18 Å². The Bertz CT molecular complexity index is 627. The van der Waals surface area contributed by atoms with Crippen molar-refractivity contribution in [1.82, 2.24) is 14.8 Å². The molecule has 8 heteroatoms. The van der Waals surface area contributed by atoms with Crippen LogP contribution in [-0.2, 0) is 12.7 Å². The van der Waals surface area contributed by atoms with Gasteiger partial charge in [-0.05, 0) is 17.7 Å². The Morgan fingerprint density at radius 2 is 1.95 bits per heavy atom. The maximum absolute atomic E-state index is 12.4. The molecule has 1 aromatic carbocycles. The average molecular weight is 282 g/mol. The predicted molar refractivity (Wildman–Crippen MR) is 61.1 cm³/mol. The zero-order valence-corrected chi connectivity index (χ0v) is 10.0. The van der Waals surface area contributed by atoms with Crippen molar-refractivity contribution in [1.29, 1.82) is 5.26 Å². The summed E-state index contributed by atoms with van der Waals surface area (Å²) in [5, 5.41) is 22.2. The second kappa shape index (κ2) is 5.30. The van der Waals surface area contributed by atoms with Gasteiger partial charge in [0.25, 0.3) is 5.82 Å². The number of aliphatic hydroxyl groups is 1. The molecule has 0 aliphatic rings. The van der Waals surface area contributed by atoms with Gasteiger partial charge in [-0.2, -0.15) is 18.4 Å². The van der Waals surface area contributed by atoms with Crippen molar-refractivity contribution in [3.05, 3.63) is 47.5 Å². The molecule has 2 rings (SSSR count). The van der Waals surface area contributed by atoms with Crippen LogP contribution in [0.15, 0.2) is 30.6 Å². The first kappa shape index (κ1) is 14.0. The molecule has 0 radical (unpaired) electrons. The van der Waals surface area contributed by atoms with Crippen LogP contribution >= 0.6 is 0 Å². The van der Waals surface area contributed by atoms with Crippen LogP contribution in [0.4, 0.5) is 13.2 Å². The third-order valence-corrected chi connectivity index (χ3v) is 2.62. The number of hydrogen-bond donors (Lipinski definition) is 1. The van der Waals surface area contributed by atoms with Gasteiger partial charge in [0.05, 0.1) is 18.2 Å². The van der Waals surface area contributed by atoms with E-state index < -0.39 is 17.8 Å². The molecular formula is C12H9F3N4O. The van der Waals surface area contributed by atoms with E-state index in [0.717, 1.165) is 12.1 Å². The van der Waals surface area contributed by atoms with Crippen molar-refractivity contribution in [2.45, 2.75) is 18.8 Å². The Kier molecular flexibility index (Phi) is 3.72. The number of alkyl halides is 3. The fourth-order valence-electron chi connectivity index (χ4n) is 1.61. The SMILES string of the molecule is N#Cc1ncn(C[C@H](O)c2ccc(C(F)(F)F)cc2)n1. The summed E-state index contributed by atoms with van der Waals surface area (Å²) >= 11 is 0. The standard InChI is InChI=1S/C12H9F3N4O/c13-12(14,15)9-3-1-8(2-4-9)10(20)6-19-7-17-11(5-16)18-19/h1-4,7,10,20H,6H2/t10-/m0/s1. The molecule has 20 heavy (non-hydrogen) atoms. The normalized spacial score (nSPS) is 12.9. The Balaban J connectivity index is 2.09.